The lowest BCUT2D eigenvalue weighted by molar-refractivity contribution is 0.319. The molecule has 0 radical (unpaired) electrons. The third-order valence-corrected chi connectivity index (χ3v) is 2.50. The average molecular weight is 126 g/mol. The highest BCUT2D eigenvalue weighted by Crippen LogP contribution is 2.24. The Kier molecular flexibility index (Phi) is 1.08. The summed E-state index contributed by atoms with van der Waals surface area (Å²) in [7, 11) is 0. The van der Waals surface area contributed by atoms with E-state index in [1.54, 1.807) is 0 Å². The van der Waals surface area contributed by atoms with Crippen molar-refractivity contribution in [2.45, 2.75) is 31.3 Å². The molecular formula is C7H14N2. The van der Waals surface area contributed by atoms with Crippen LogP contribution in [-0.2, 0) is 0 Å². The quantitative estimate of drug-likeness (QED) is 0.481. The number of hydrogen-bond acceptors (Lipinski definition) is 2. The Labute approximate surface area is 56.0 Å². The van der Waals surface area contributed by atoms with Crippen molar-refractivity contribution < 1.29 is 0 Å². The minimum Gasteiger partial charge on any atom is -0.313 e. The second-order valence-corrected chi connectivity index (χ2v) is 3.57. The van der Waals surface area contributed by atoms with Crippen molar-refractivity contribution in [1.29, 1.82) is 0 Å². The van der Waals surface area contributed by atoms with Gasteiger partial charge in [0.2, 0.25) is 0 Å². The summed E-state index contributed by atoms with van der Waals surface area (Å²) in [5.74, 6) is 0. The Bertz CT molecular complexity index is 120. The zero-order chi connectivity index (χ0) is 6.32. The van der Waals surface area contributed by atoms with Gasteiger partial charge in [0.05, 0.1) is 0 Å². The molecule has 2 rings (SSSR count). The summed E-state index contributed by atoms with van der Waals surface area (Å²) in [5, 5.41) is 7.03. The Morgan fingerprint density at radius 2 is 2.44 bits per heavy atom. The van der Waals surface area contributed by atoms with E-state index >= 15 is 0 Å². The predicted octanol–water partition coefficient (Wildman–Crippen LogP) is 0.100. The highest BCUT2D eigenvalue weighted by atomic mass is 15.1. The molecule has 2 atom stereocenters. The Hall–Kier alpha value is -0.0800. The van der Waals surface area contributed by atoms with Crippen molar-refractivity contribution in [3.05, 3.63) is 0 Å². The molecule has 0 amide bonds. The van der Waals surface area contributed by atoms with Gasteiger partial charge in [-0.05, 0) is 19.8 Å². The first-order valence-corrected chi connectivity index (χ1v) is 3.77. The summed E-state index contributed by atoms with van der Waals surface area (Å²) in [6.45, 7) is 4.64. The van der Waals surface area contributed by atoms with Crippen molar-refractivity contribution >= 4 is 0 Å². The summed E-state index contributed by atoms with van der Waals surface area (Å²) in [5.41, 5.74) is 0.433. The maximum Gasteiger partial charge on any atom is 0.0281 e. The summed E-state index contributed by atoms with van der Waals surface area (Å²) in [4.78, 5) is 0. The Morgan fingerprint density at radius 3 is 3.11 bits per heavy atom. The molecule has 0 aromatic rings. The van der Waals surface area contributed by atoms with Crippen LogP contribution < -0.4 is 10.6 Å². The maximum atomic E-state index is 3.60. The van der Waals surface area contributed by atoms with Crippen LogP contribution in [0.3, 0.4) is 0 Å². The van der Waals surface area contributed by atoms with Gasteiger partial charge in [-0.3, -0.25) is 0 Å². The van der Waals surface area contributed by atoms with Gasteiger partial charge in [0.15, 0.2) is 0 Å². The summed E-state index contributed by atoms with van der Waals surface area (Å²) in [6.07, 6.45) is 2.72. The van der Waals surface area contributed by atoms with Crippen LogP contribution in [0.25, 0.3) is 0 Å². The molecule has 2 bridgehead atoms. The molecule has 52 valence electrons. The first-order valence-electron chi connectivity index (χ1n) is 3.77. The smallest absolute Gasteiger partial charge is 0.0281 e. The van der Waals surface area contributed by atoms with Gasteiger partial charge in [-0.1, -0.05) is 0 Å². The van der Waals surface area contributed by atoms with E-state index < -0.39 is 0 Å². The molecule has 2 aliphatic rings. The van der Waals surface area contributed by atoms with Crippen LogP contribution in [-0.4, -0.2) is 24.7 Å². The number of hydrogen-bond donors (Lipinski definition) is 2. The van der Waals surface area contributed by atoms with Crippen molar-refractivity contribution in [2.75, 3.05) is 13.1 Å². The Balaban J connectivity index is 2.13. The van der Waals surface area contributed by atoms with Gasteiger partial charge in [0, 0.05) is 24.7 Å². The highest BCUT2D eigenvalue weighted by Gasteiger charge is 2.36. The van der Waals surface area contributed by atoms with E-state index in [1.807, 2.05) is 0 Å². The zero-order valence-electron chi connectivity index (χ0n) is 5.91. The number of rotatable bonds is 0. The molecule has 2 N–H and O–H groups in total. The number of piperazine rings is 1. The van der Waals surface area contributed by atoms with E-state index in [9.17, 15) is 0 Å². The van der Waals surface area contributed by atoms with Crippen LogP contribution in [0.4, 0.5) is 0 Å². The molecule has 0 aliphatic carbocycles. The van der Waals surface area contributed by atoms with Gasteiger partial charge in [0.25, 0.3) is 0 Å². The van der Waals surface area contributed by atoms with Crippen LogP contribution in [0, 0.1) is 0 Å². The molecule has 9 heavy (non-hydrogen) atoms. The maximum absolute atomic E-state index is 3.60. The van der Waals surface area contributed by atoms with Gasteiger partial charge in [0.1, 0.15) is 0 Å². The molecule has 2 heteroatoms. The first-order chi connectivity index (χ1) is 4.29. The number of nitrogens with one attached hydrogen (secondary N) is 2. The van der Waals surface area contributed by atoms with Crippen LogP contribution in [0.1, 0.15) is 19.8 Å². The fraction of sp³-hybridized carbons (Fsp3) is 1.00. The van der Waals surface area contributed by atoms with Crippen molar-refractivity contribution in [1.82, 2.24) is 10.6 Å². The molecule has 0 aromatic carbocycles. The van der Waals surface area contributed by atoms with Gasteiger partial charge in [-0.25, -0.2) is 0 Å². The van der Waals surface area contributed by atoms with E-state index in [-0.39, 0.29) is 0 Å². The second-order valence-electron chi connectivity index (χ2n) is 3.57. The molecule has 2 saturated heterocycles. The minimum absolute atomic E-state index is 0.433. The lowest BCUT2D eigenvalue weighted by Gasteiger charge is -2.31. The minimum atomic E-state index is 0.433. The molecule has 0 spiro atoms. The zero-order valence-corrected chi connectivity index (χ0v) is 5.91. The van der Waals surface area contributed by atoms with E-state index in [4.69, 9.17) is 0 Å². The number of fused-ring (bicyclic) bond motifs is 2. The molecular weight excluding hydrogens is 112 g/mol. The van der Waals surface area contributed by atoms with Crippen LogP contribution in [0.2, 0.25) is 0 Å². The van der Waals surface area contributed by atoms with Crippen LogP contribution in [0.15, 0.2) is 0 Å². The van der Waals surface area contributed by atoms with Crippen molar-refractivity contribution in [3.63, 3.8) is 0 Å². The van der Waals surface area contributed by atoms with Crippen molar-refractivity contribution in [3.8, 4) is 0 Å². The highest BCUT2D eigenvalue weighted by molar-refractivity contribution is 5.00. The van der Waals surface area contributed by atoms with Gasteiger partial charge < -0.3 is 10.6 Å². The standard InChI is InChI=1S/C7H14N2/c1-7-3-2-6(9-7)4-8-5-7/h6,8-9H,2-5H2,1H3. The van der Waals surface area contributed by atoms with Gasteiger partial charge in [-0.15, -0.1) is 0 Å². The van der Waals surface area contributed by atoms with Crippen LogP contribution in [0.5, 0.6) is 0 Å². The van der Waals surface area contributed by atoms with E-state index in [1.165, 1.54) is 19.4 Å². The fourth-order valence-corrected chi connectivity index (χ4v) is 1.94. The average Bonchev–Trinajstić information content (AvgIpc) is 2.07. The Morgan fingerprint density at radius 1 is 1.56 bits per heavy atom. The summed E-state index contributed by atoms with van der Waals surface area (Å²) >= 11 is 0. The fourth-order valence-electron chi connectivity index (χ4n) is 1.94. The molecule has 2 aliphatic heterocycles. The van der Waals surface area contributed by atoms with E-state index in [0.29, 0.717) is 5.54 Å². The van der Waals surface area contributed by atoms with E-state index in [2.05, 4.69) is 17.6 Å². The van der Waals surface area contributed by atoms with Crippen molar-refractivity contribution in [2.24, 2.45) is 0 Å². The molecule has 0 saturated carbocycles. The third kappa shape index (κ3) is 0.864. The molecule has 0 aromatic heterocycles. The molecule has 2 heterocycles. The van der Waals surface area contributed by atoms with Crippen LogP contribution >= 0.6 is 0 Å². The normalized spacial score (nSPS) is 49.7. The van der Waals surface area contributed by atoms with Gasteiger partial charge >= 0.3 is 0 Å². The second kappa shape index (κ2) is 1.70. The lowest BCUT2D eigenvalue weighted by Crippen LogP contribution is -2.56. The lowest BCUT2D eigenvalue weighted by atomic mass is 10.0. The first kappa shape index (κ1) is 5.69. The molecule has 2 nitrogen and oxygen atoms in total. The summed E-state index contributed by atoms with van der Waals surface area (Å²) < 4.78 is 0. The SMILES string of the molecule is CC12CCC(CNC1)N2. The molecule has 2 unspecified atom stereocenters. The van der Waals surface area contributed by atoms with Gasteiger partial charge in [-0.2, -0.15) is 0 Å². The molecule has 2 fully saturated rings. The summed E-state index contributed by atoms with van der Waals surface area (Å²) in [6, 6.07) is 0.767. The van der Waals surface area contributed by atoms with E-state index in [0.717, 1.165) is 12.6 Å². The topological polar surface area (TPSA) is 24.1 Å². The largest absolute Gasteiger partial charge is 0.313 e. The third-order valence-electron chi connectivity index (χ3n) is 2.50. The predicted molar refractivity (Wildman–Crippen MR) is 37.4 cm³/mol. The monoisotopic (exact) mass is 126 g/mol.